The highest BCUT2D eigenvalue weighted by Crippen LogP contribution is 2.45. The number of carboxylic acids is 1. The number of rotatable bonds is 9. The molecule has 0 fully saturated rings. The van der Waals surface area contributed by atoms with Crippen LogP contribution in [0.4, 0.5) is 0 Å². The molecule has 0 saturated heterocycles. The van der Waals surface area contributed by atoms with Crippen molar-refractivity contribution in [1.82, 2.24) is 9.78 Å². The number of phenolic OH excluding ortho intramolecular Hbond substituents is 1. The minimum atomic E-state index is -1.08. The first-order valence-corrected chi connectivity index (χ1v) is 18.1. The number of hydrogen-bond donors (Lipinski definition) is 2. The first-order valence-electron chi connectivity index (χ1n) is 17.3. The van der Waals surface area contributed by atoms with Crippen molar-refractivity contribution in [3.8, 4) is 34.1 Å². The van der Waals surface area contributed by atoms with E-state index in [4.69, 9.17) is 18.9 Å². The van der Waals surface area contributed by atoms with E-state index in [0.29, 0.717) is 55.6 Å². The second-order valence-electron chi connectivity index (χ2n) is 13.8. The number of halogens is 1. The van der Waals surface area contributed by atoms with E-state index in [1.165, 1.54) is 25.3 Å². The number of aryl methyl sites for hydroxylation is 2. The van der Waals surface area contributed by atoms with Gasteiger partial charge in [0, 0.05) is 30.4 Å². The normalized spacial score (nSPS) is 13.9. The van der Waals surface area contributed by atoms with Crippen molar-refractivity contribution < 1.29 is 53.1 Å². The maximum Gasteiger partial charge on any atom is 0.347 e. The number of methoxy groups -OCH3 is 1. The Kier molecular flexibility index (Phi) is 11.5. The summed E-state index contributed by atoms with van der Waals surface area (Å²) in [5.41, 5.74) is 4.85. The first kappa shape index (κ1) is 41.1. The summed E-state index contributed by atoms with van der Waals surface area (Å²) in [5.74, 6) is -4.98. The summed E-state index contributed by atoms with van der Waals surface area (Å²) in [4.78, 5) is 65.5. The standard InChI is InChI=1S/C42H41BrN2O11/c1-17-12-27(46)14-28(53-11)31(17)41(51)56-38-24(8)21(5)34(36(47)35(38)43)42(52)54-29-13-18(2)30(25(9)33(29)26-15-44-45(10)16-26)40(50)55-37-22(6)19(3)32(39(48)49)20(4)23(37)7/h12-16,31,47H,1-11H3,(H,48,49). The molecular weight excluding hydrogens is 788 g/mol. The van der Waals surface area contributed by atoms with Crippen molar-refractivity contribution in [2.45, 2.75) is 62.3 Å². The average molecular weight is 830 g/mol. The van der Waals surface area contributed by atoms with Crippen LogP contribution < -0.4 is 14.2 Å². The smallest absolute Gasteiger partial charge is 0.347 e. The van der Waals surface area contributed by atoms with Gasteiger partial charge in [-0.2, -0.15) is 5.10 Å². The molecule has 1 atom stereocenters. The largest absolute Gasteiger partial charge is 0.506 e. The molecule has 292 valence electrons. The monoisotopic (exact) mass is 828 g/mol. The van der Waals surface area contributed by atoms with Gasteiger partial charge in [-0.05, 0) is 140 Å². The number of benzene rings is 3. The van der Waals surface area contributed by atoms with Gasteiger partial charge in [0.1, 0.15) is 39.0 Å². The zero-order chi connectivity index (χ0) is 41.7. The Bertz CT molecular complexity index is 2410. The Balaban J connectivity index is 1.55. The maximum atomic E-state index is 14.1. The van der Waals surface area contributed by atoms with E-state index in [1.54, 1.807) is 86.4 Å². The van der Waals surface area contributed by atoms with Gasteiger partial charge in [0.05, 0.1) is 24.4 Å². The molecule has 5 rings (SSSR count). The van der Waals surface area contributed by atoms with E-state index in [2.05, 4.69) is 21.0 Å². The minimum Gasteiger partial charge on any atom is -0.506 e. The van der Waals surface area contributed by atoms with Gasteiger partial charge in [-0.25, -0.2) is 14.4 Å². The lowest BCUT2D eigenvalue weighted by Gasteiger charge is -2.23. The van der Waals surface area contributed by atoms with Gasteiger partial charge < -0.3 is 29.2 Å². The summed E-state index contributed by atoms with van der Waals surface area (Å²) in [7, 11) is 3.05. The molecule has 0 amide bonds. The molecule has 1 aliphatic rings. The van der Waals surface area contributed by atoms with Gasteiger partial charge in [0.25, 0.3) is 0 Å². The lowest BCUT2D eigenvalue weighted by molar-refractivity contribution is -0.137. The first-order chi connectivity index (χ1) is 26.2. The van der Waals surface area contributed by atoms with Crippen molar-refractivity contribution in [3.05, 3.63) is 108 Å². The molecule has 0 saturated carbocycles. The summed E-state index contributed by atoms with van der Waals surface area (Å²) in [6, 6.07) is 1.52. The Hall–Kier alpha value is -6.02. The molecular formula is C42H41BrN2O11. The van der Waals surface area contributed by atoms with E-state index in [-0.39, 0.29) is 55.5 Å². The predicted molar refractivity (Wildman–Crippen MR) is 209 cm³/mol. The van der Waals surface area contributed by atoms with Gasteiger partial charge >= 0.3 is 23.9 Å². The van der Waals surface area contributed by atoms with Crippen LogP contribution in [0.15, 0.2) is 46.4 Å². The Morgan fingerprint density at radius 3 is 1.89 bits per heavy atom. The van der Waals surface area contributed by atoms with Crippen LogP contribution in [-0.4, -0.2) is 56.8 Å². The maximum absolute atomic E-state index is 14.1. The fourth-order valence-corrected chi connectivity index (χ4v) is 7.60. The molecule has 14 heteroatoms. The third kappa shape index (κ3) is 7.24. The predicted octanol–water partition coefficient (Wildman–Crippen LogP) is 7.74. The fraction of sp³-hybridized carbons (Fsp3) is 0.286. The third-order valence-corrected chi connectivity index (χ3v) is 11.0. The molecule has 1 aromatic heterocycles. The molecule has 0 spiro atoms. The number of allylic oxidation sites excluding steroid dienone is 2. The summed E-state index contributed by atoms with van der Waals surface area (Å²) in [5, 5.41) is 25.5. The molecule has 1 unspecified atom stereocenters. The van der Waals surface area contributed by atoms with E-state index in [9.17, 15) is 34.2 Å². The highest BCUT2D eigenvalue weighted by Gasteiger charge is 2.35. The second-order valence-corrected chi connectivity index (χ2v) is 14.6. The van der Waals surface area contributed by atoms with E-state index < -0.39 is 35.5 Å². The topological polar surface area (TPSA) is 181 Å². The van der Waals surface area contributed by atoms with Crippen LogP contribution in [0.2, 0.25) is 0 Å². The van der Waals surface area contributed by atoms with Crippen molar-refractivity contribution >= 4 is 45.6 Å². The molecule has 3 aromatic carbocycles. The van der Waals surface area contributed by atoms with Crippen LogP contribution in [-0.2, 0) is 21.4 Å². The Morgan fingerprint density at radius 1 is 0.768 bits per heavy atom. The van der Waals surface area contributed by atoms with Crippen LogP contribution in [0.1, 0.15) is 82.5 Å². The number of esters is 3. The van der Waals surface area contributed by atoms with Gasteiger partial charge in [-0.1, -0.05) is 0 Å². The molecule has 4 aromatic rings. The van der Waals surface area contributed by atoms with Crippen LogP contribution in [0, 0.1) is 61.3 Å². The number of aromatic carboxylic acids is 1. The fourth-order valence-electron chi connectivity index (χ4n) is 7.02. The molecule has 0 radical (unpaired) electrons. The molecule has 0 bridgehead atoms. The van der Waals surface area contributed by atoms with Gasteiger partial charge in [-0.3, -0.25) is 14.3 Å². The van der Waals surface area contributed by atoms with E-state index in [0.717, 1.165) is 0 Å². The number of carbonyl (C=O) groups excluding carboxylic acids is 4. The number of ether oxygens (including phenoxy) is 4. The number of hydrogen-bond acceptors (Lipinski definition) is 11. The van der Waals surface area contributed by atoms with Crippen LogP contribution >= 0.6 is 15.9 Å². The third-order valence-electron chi connectivity index (χ3n) is 10.3. The molecule has 2 N–H and O–H groups in total. The lowest BCUT2D eigenvalue weighted by atomic mass is 9.92. The van der Waals surface area contributed by atoms with Crippen molar-refractivity contribution in [2.24, 2.45) is 13.0 Å². The number of phenols is 1. The molecule has 13 nitrogen and oxygen atoms in total. The van der Waals surface area contributed by atoms with E-state index >= 15 is 0 Å². The Labute approximate surface area is 331 Å². The zero-order valence-electron chi connectivity index (χ0n) is 32.8. The summed E-state index contributed by atoms with van der Waals surface area (Å²) >= 11 is 3.30. The highest BCUT2D eigenvalue weighted by atomic mass is 79.9. The Morgan fingerprint density at radius 2 is 1.34 bits per heavy atom. The number of carboxylic acid groups (broad SMARTS) is 1. The van der Waals surface area contributed by atoms with Crippen LogP contribution in [0.5, 0.6) is 23.0 Å². The highest BCUT2D eigenvalue weighted by molar-refractivity contribution is 9.10. The van der Waals surface area contributed by atoms with E-state index in [1.807, 2.05) is 0 Å². The minimum absolute atomic E-state index is 0.0410. The van der Waals surface area contributed by atoms with Crippen LogP contribution in [0.3, 0.4) is 0 Å². The van der Waals surface area contributed by atoms with Gasteiger partial charge in [-0.15, -0.1) is 0 Å². The van der Waals surface area contributed by atoms with Crippen molar-refractivity contribution in [2.75, 3.05) is 7.11 Å². The molecule has 0 aliphatic heterocycles. The average Bonchev–Trinajstić information content (AvgIpc) is 3.54. The van der Waals surface area contributed by atoms with Crippen molar-refractivity contribution in [1.29, 1.82) is 0 Å². The summed E-state index contributed by atoms with van der Waals surface area (Å²) < 4.78 is 24.5. The van der Waals surface area contributed by atoms with Crippen LogP contribution in [0.25, 0.3) is 11.1 Å². The molecule has 1 aliphatic carbocycles. The lowest BCUT2D eigenvalue weighted by Crippen LogP contribution is -2.28. The molecule has 1 heterocycles. The number of aromatic nitrogens is 2. The quantitative estimate of drug-likeness (QED) is 0.124. The second kappa shape index (κ2) is 15.6. The number of carbonyl (C=O) groups is 5. The number of nitrogens with zero attached hydrogens (tertiary/aromatic N) is 2. The molecule has 56 heavy (non-hydrogen) atoms. The number of aromatic hydroxyl groups is 1. The zero-order valence-corrected chi connectivity index (χ0v) is 34.4. The summed E-state index contributed by atoms with van der Waals surface area (Å²) in [6.07, 6.45) is 5.74. The summed E-state index contributed by atoms with van der Waals surface area (Å²) in [6.45, 7) is 14.8. The SMILES string of the molecule is COC1=CC(=O)C=C(C)C1C(=O)Oc1c(C)c(C)c(C(=O)Oc2cc(C)c(C(=O)Oc3c(C)c(C)c(C(=O)O)c(C)c3C)c(C)c2-c2cnn(C)c2)c(O)c1Br. The van der Waals surface area contributed by atoms with Gasteiger partial charge in [0.2, 0.25) is 0 Å². The van der Waals surface area contributed by atoms with Gasteiger partial charge in [0.15, 0.2) is 11.5 Å². The number of ketones is 1. The van der Waals surface area contributed by atoms with Crippen molar-refractivity contribution in [3.63, 3.8) is 0 Å².